The summed E-state index contributed by atoms with van der Waals surface area (Å²) in [7, 11) is 1.53. The van der Waals surface area contributed by atoms with E-state index in [0.29, 0.717) is 18.1 Å². The summed E-state index contributed by atoms with van der Waals surface area (Å²) in [4.78, 5) is 3.66. The molecule has 1 N–H and O–H groups in total. The summed E-state index contributed by atoms with van der Waals surface area (Å²) in [6.45, 7) is 2.39. The van der Waals surface area contributed by atoms with Gasteiger partial charge in [-0.3, -0.25) is 5.43 Å². The average Bonchev–Trinajstić information content (AvgIpc) is 2.56. The lowest BCUT2D eigenvalue weighted by Gasteiger charge is -2.09. The number of nitrogens with one attached hydrogen (secondary N) is 1. The van der Waals surface area contributed by atoms with Crippen molar-refractivity contribution in [3.05, 3.63) is 47.7 Å². The highest BCUT2D eigenvalue weighted by molar-refractivity contribution is 5.81. The molecule has 1 heterocycles. The Labute approximate surface area is 137 Å². The SMILES string of the molecule is CCOc1ccc(/C=N\Nc2ccc(C(F)(F)F)cn2)cc1OC. The smallest absolute Gasteiger partial charge is 0.417 e. The van der Waals surface area contributed by atoms with Crippen molar-refractivity contribution in [2.45, 2.75) is 13.1 Å². The van der Waals surface area contributed by atoms with Crippen molar-refractivity contribution in [1.82, 2.24) is 4.98 Å². The second-order valence-electron chi connectivity index (χ2n) is 4.64. The Morgan fingerprint density at radius 1 is 1.21 bits per heavy atom. The molecule has 0 aliphatic carbocycles. The first-order valence-electron chi connectivity index (χ1n) is 7.07. The van der Waals surface area contributed by atoms with E-state index in [1.54, 1.807) is 18.2 Å². The van der Waals surface area contributed by atoms with Gasteiger partial charge in [-0.05, 0) is 42.8 Å². The van der Waals surface area contributed by atoms with Gasteiger partial charge in [0.15, 0.2) is 11.5 Å². The van der Waals surface area contributed by atoms with Crippen molar-refractivity contribution in [3.63, 3.8) is 0 Å². The molecule has 0 radical (unpaired) electrons. The lowest BCUT2D eigenvalue weighted by Crippen LogP contribution is -2.05. The van der Waals surface area contributed by atoms with E-state index in [2.05, 4.69) is 15.5 Å². The second kappa shape index (κ2) is 7.67. The van der Waals surface area contributed by atoms with Crippen molar-refractivity contribution < 1.29 is 22.6 Å². The molecule has 1 aromatic carbocycles. The van der Waals surface area contributed by atoms with Crippen LogP contribution in [0.15, 0.2) is 41.6 Å². The number of hydrogen-bond donors (Lipinski definition) is 1. The number of alkyl halides is 3. The zero-order valence-corrected chi connectivity index (χ0v) is 13.1. The fraction of sp³-hybridized carbons (Fsp3) is 0.250. The molecule has 0 fully saturated rings. The van der Waals surface area contributed by atoms with E-state index in [9.17, 15) is 13.2 Å². The lowest BCUT2D eigenvalue weighted by molar-refractivity contribution is -0.137. The summed E-state index contributed by atoms with van der Waals surface area (Å²) in [6.07, 6.45) is -2.16. The fourth-order valence-electron chi connectivity index (χ4n) is 1.84. The van der Waals surface area contributed by atoms with Crippen LogP contribution < -0.4 is 14.9 Å². The van der Waals surface area contributed by atoms with Crippen molar-refractivity contribution in [3.8, 4) is 11.5 Å². The topological polar surface area (TPSA) is 55.7 Å². The van der Waals surface area contributed by atoms with Gasteiger partial charge in [-0.15, -0.1) is 0 Å². The molecule has 0 aliphatic heterocycles. The van der Waals surface area contributed by atoms with Crippen LogP contribution in [0.4, 0.5) is 19.0 Å². The average molecular weight is 339 g/mol. The first-order chi connectivity index (χ1) is 11.4. The summed E-state index contributed by atoms with van der Waals surface area (Å²) in [5.74, 6) is 1.39. The van der Waals surface area contributed by atoms with Crippen LogP contribution in [-0.4, -0.2) is 24.9 Å². The monoisotopic (exact) mass is 339 g/mol. The Hall–Kier alpha value is -2.77. The Kier molecular flexibility index (Phi) is 5.62. The van der Waals surface area contributed by atoms with Crippen LogP contribution in [0.25, 0.3) is 0 Å². The largest absolute Gasteiger partial charge is 0.493 e. The van der Waals surface area contributed by atoms with Gasteiger partial charge in [-0.2, -0.15) is 18.3 Å². The number of anilines is 1. The summed E-state index contributed by atoms with van der Waals surface area (Å²) in [6, 6.07) is 7.40. The number of methoxy groups -OCH3 is 1. The Balaban J connectivity index is 2.03. The maximum absolute atomic E-state index is 12.4. The molecule has 0 saturated heterocycles. The van der Waals surface area contributed by atoms with E-state index in [0.717, 1.165) is 17.8 Å². The van der Waals surface area contributed by atoms with E-state index >= 15 is 0 Å². The van der Waals surface area contributed by atoms with E-state index in [1.807, 2.05) is 6.92 Å². The number of hydrazone groups is 1. The van der Waals surface area contributed by atoms with Gasteiger partial charge in [-0.1, -0.05) is 0 Å². The van der Waals surface area contributed by atoms with Gasteiger partial charge in [0, 0.05) is 6.20 Å². The van der Waals surface area contributed by atoms with E-state index in [-0.39, 0.29) is 5.82 Å². The minimum atomic E-state index is -4.41. The molecule has 0 spiro atoms. The summed E-state index contributed by atoms with van der Waals surface area (Å²) in [5.41, 5.74) is 2.49. The van der Waals surface area contributed by atoms with Gasteiger partial charge >= 0.3 is 6.18 Å². The predicted molar refractivity (Wildman–Crippen MR) is 84.6 cm³/mol. The first kappa shape index (κ1) is 17.6. The molecule has 128 valence electrons. The number of nitrogens with zero attached hydrogens (tertiary/aromatic N) is 2. The molecule has 0 bridgehead atoms. The van der Waals surface area contributed by atoms with Crippen LogP contribution >= 0.6 is 0 Å². The summed E-state index contributed by atoms with van der Waals surface area (Å²) < 4.78 is 47.9. The maximum atomic E-state index is 12.4. The highest BCUT2D eigenvalue weighted by Crippen LogP contribution is 2.29. The zero-order valence-electron chi connectivity index (χ0n) is 13.1. The molecule has 2 rings (SSSR count). The van der Waals surface area contributed by atoms with Crippen molar-refractivity contribution in [1.29, 1.82) is 0 Å². The number of benzene rings is 1. The molecule has 0 amide bonds. The number of hydrogen-bond acceptors (Lipinski definition) is 5. The van der Waals surface area contributed by atoms with Crippen LogP contribution in [-0.2, 0) is 6.18 Å². The minimum absolute atomic E-state index is 0.206. The molecule has 1 aromatic heterocycles. The van der Waals surface area contributed by atoms with Crippen molar-refractivity contribution in [2.24, 2.45) is 5.10 Å². The number of ether oxygens (including phenoxy) is 2. The van der Waals surface area contributed by atoms with Crippen LogP contribution in [0.2, 0.25) is 0 Å². The molecule has 0 atom stereocenters. The van der Waals surface area contributed by atoms with Crippen LogP contribution in [0.1, 0.15) is 18.1 Å². The van der Waals surface area contributed by atoms with Gasteiger partial charge in [0.25, 0.3) is 0 Å². The predicted octanol–water partition coefficient (Wildman–Crippen LogP) is 3.95. The number of halogens is 3. The van der Waals surface area contributed by atoms with E-state index in [4.69, 9.17) is 9.47 Å². The summed E-state index contributed by atoms with van der Waals surface area (Å²) >= 11 is 0. The van der Waals surface area contributed by atoms with Crippen LogP contribution in [0.3, 0.4) is 0 Å². The molecular formula is C16H16F3N3O2. The Morgan fingerprint density at radius 2 is 2.00 bits per heavy atom. The van der Waals surface area contributed by atoms with Gasteiger partial charge in [-0.25, -0.2) is 4.98 Å². The normalized spacial score (nSPS) is 11.5. The first-order valence-corrected chi connectivity index (χ1v) is 7.07. The van der Waals surface area contributed by atoms with Crippen molar-refractivity contribution in [2.75, 3.05) is 19.1 Å². The Morgan fingerprint density at radius 3 is 2.58 bits per heavy atom. The van der Waals surface area contributed by atoms with Crippen LogP contribution in [0, 0.1) is 0 Å². The Bertz CT molecular complexity index is 701. The number of rotatable bonds is 6. The fourth-order valence-corrected chi connectivity index (χ4v) is 1.84. The highest BCUT2D eigenvalue weighted by Gasteiger charge is 2.30. The van der Waals surface area contributed by atoms with Crippen molar-refractivity contribution >= 4 is 12.0 Å². The molecule has 0 saturated carbocycles. The number of aromatic nitrogens is 1. The zero-order chi connectivity index (χ0) is 17.6. The van der Waals surface area contributed by atoms with E-state index in [1.165, 1.54) is 19.4 Å². The molecular weight excluding hydrogens is 323 g/mol. The minimum Gasteiger partial charge on any atom is -0.493 e. The third-order valence-electron chi connectivity index (χ3n) is 2.97. The third kappa shape index (κ3) is 4.61. The van der Waals surface area contributed by atoms with Crippen LogP contribution in [0.5, 0.6) is 11.5 Å². The molecule has 24 heavy (non-hydrogen) atoms. The number of pyridine rings is 1. The highest BCUT2D eigenvalue weighted by atomic mass is 19.4. The molecule has 2 aromatic rings. The van der Waals surface area contributed by atoms with Gasteiger partial charge in [0.05, 0.1) is 25.5 Å². The van der Waals surface area contributed by atoms with Gasteiger partial charge in [0.1, 0.15) is 5.82 Å². The third-order valence-corrected chi connectivity index (χ3v) is 2.97. The lowest BCUT2D eigenvalue weighted by atomic mass is 10.2. The second-order valence-corrected chi connectivity index (χ2v) is 4.64. The summed E-state index contributed by atoms with van der Waals surface area (Å²) in [5, 5.41) is 3.94. The van der Waals surface area contributed by atoms with Gasteiger partial charge in [0.2, 0.25) is 0 Å². The maximum Gasteiger partial charge on any atom is 0.417 e. The molecule has 0 unspecified atom stereocenters. The molecule has 0 aliphatic rings. The van der Waals surface area contributed by atoms with E-state index < -0.39 is 11.7 Å². The van der Waals surface area contributed by atoms with Gasteiger partial charge < -0.3 is 9.47 Å². The standard InChI is InChI=1S/C16H16F3N3O2/c1-3-24-13-6-4-11(8-14(13)23-2)9-21-22-15-7-5-12(10-20-15)16(17,18)19/h4-10H,3H2,1-2H3,(H,20,22)/b21-9-. The molecule has 5 nitrogen and oxygen atoms in total. The quantitative estimate of drug-likeness (QED) is 0.639. The molecule has 8 heteroatoms.